The molecule has 0 radical (unpaired) electrons. The SMILES string of the molecule is COc1cc(C2(C(=O)N3CCC(OCCCN)CC3)CCCC2)ccc1C. The largest absolute Gasteiger partial charge is 0.496 e. The van der Waals surface area contributed by atoms with Crippen molar-refractivity contribution in [3.05, 3.63) is 29.3 Å². The number of benzene rings is 1. The topological polar surface area (TPSA) is 64.8 Å². The highest BCUT2D eigenvalue weighted by Crippen LogP contribution is 2.44. The van der Waals surface area contributed by atoms with E-state index in [0.717, 1.165) is 81.5 Å². The molecule has 27 heavy (non-hydrogen) atoms. The zero-order valence-corrected chi connectivity index (χ0v) is 16.8. The molecule has 150 valence electrons. The van der Waals surface area contributed by atoms with Crippen molar-refractivity contribution < 1.29 is 14.3 Å². The fourth-order valence-electron chi connectivity index (χ4n) is 4.58. The summed E-state index contributed by atoms with van der Waals surface area (Å²) in [5, 5.41) is 0. The van der Waals surface area contributed by atoms with Crippen LogP contribution in [0.25, 0.3) is 0 Å². The molecule has 0 atom stereocenters. The molecule has 1 aliphatic heterocycles. The van der Waals surface area contributed by atoms with E-state index in [2.05, 4.69) is 23.1 Å². The van der Waals surface area contributed by atoms with Crippen LogP contribution in [-0.4, -0.2) is 50.3 Å². The predicted octanol–water partition coefficient (Wildman–Crippen LogP) is 3.17. The first-order valence-electron chi connectivity index (χ1n) is 10.4. The van der Waals surface area contributed by atoms with Gasteiger partial charge in [0.2, 0.25) is 5.91 Å². The van der Waals surface area contributed by atoms with E-state index in [1.807, 2.05) is 6.92 Å². The monoisotopic (exact) mass is 374 g/mol. The molecule has 5 heteroatoms. The smallest absolute Gasteiger partial charge is 0.233 e. The molecule has 0 spiro atoms. The molecule has 1 aliphatic carbocycles. The van der Waals surface area contributed by atoms with Gasteiger partial charge in [0.05, 0.1) is 18.6 Å². The lowest BCUT2D eigenvalue weighted by Gasteiger charge is -2.39. The Labute approximate surface area is 163 Å². The zero-order valence-electron chi connectivity index (χ0n) is 16.8. The molecule has 1 aromatic rings. The van der Waals surface area contributed by atoms with E-state index in [0.29, 0.717) is 12.5 Å². The summed E-state index contributed by atoms with van der Waals surface area (Å²) in [6.45, 7) is 5.01. The third kappa shape index (κ3) is 4.30. The Morgan fingerprint density at radius 1 is 1.26 bits per heavy atom. The van der Waals surface area contributed by atoms with Gasteiger partial charge in [0, 0.05) is 19.7 Å². The molecule has 2 N–H and O–H groups in total. The van der Waals surface area contributed by atoms with Gasteiger partial charge in [0.1, 0.15) is 5.75 Å². The summed E-state index contributed by atoms with van der Waals surface area (Å²) in [5.74, 6) is 1.17. The molecule has 1 saturated heterocycles. The Balaban J connectivity index is 1.71. The van der Waals surface area contributed by atoms with Gasteiger partial charge in [-0.05, 0) is 62.8 Å². The van der Waals surface area contributed by atoms with Crippen LogP contribution in [0.1, 0.15) is 56.1 Å². The summed E-state index contributed by atoms with van der Waals surface area (Å²) in [5.41, 5.74) is 7.38. The van der Waals surface area contributed by atoms with E-state index in [1.54, 1.807) is 7.11 Å². The number of piperidine rings is 1. The molecule has 5 nitrogen and oxygen atoms in total. The van der Waals surface area contributed by atoms with Crippen LogP contribution < -0.4 is 10.5 Å². The first-order valence-corrected chi connectivity index (χ1v) is 10.4. The Bertz CT molecular complexity index is 632. The number of nitrogens with two attached hydrogens (primary N) is 1. The fraction of sp³-hybridized carbons (Fsp3) is 0.682. The van der Waals surface area contributed by atoms with Crippen LogP contribution in [0, 0.1) is 6.92 Å². The number of ether oxygens (including phenoxy) is 2. The molecule has 1 heterocycles. The van der Waals surface area contributed by atoms with E-state index in [-0.39, 0.29) is 11.5 Å². The minimum Gasteiger partial charge on any atom is -0.496 e. The first-order chi connectivity index (χ1) is 13.1. The number of aryl methyl sites for hydroxylation is 1. The average molecular weight is 375 g/mol. The highest BCUT2D eigenvalue weighted by atomic mass is 16.5. The second-order valence-corrected chi connectivity index (χ2v) is 7.98. The van der Waals surface area contributed by atoms with Crippen molar-refractivity contribution in [2.75, 3.05) is 33.4 Å². The molecule has 0 bridgehead atoms. The van der Waals surface area contributed by atoms with E-state index < -0.39 is 0 Å². The van der Waals surface area contributed by atoms with Gasteiger partial charge in [-0.2, -0.15) is 0 Å². The van der Waals surface area contributed by atoms with Crippen molar-refractivity contribution >= 4 is 5.91 Å². The van der Waals surface area contributed by atoms with E-state index >= 15 is 0 Å². The number of rotatable bonds is 7. The third-order valence-corrected chi connectivity index (χ3v) is 6.26. The van der Waals surface area contributed by atoms with Gasteiger partial charge < -0.3 is 20.1 Å². The number of amides is 1. The molecule has 0 unspecified atom stereocenters. The van der Waals surface area contributed by atoms with Crippen molar-refractivity contribution in [3.8, 4) is 5.75 Å². The lowest BCUT2D eigenvalue weighted by Crippen LogP contribution is -2.49. The first kappa shape index (κ1) is 20.2. The Kier molecular flexibility index (Phi) is 6.77. The maximum absolute atomic E-state index is 13.6. The number of hydrogen-bond acceptors (Lipinski definition) is 4. The lowest BCUT2D eigenvalue weighted by atomic mass is 9.76. The predicted molar refractivity (Wildman–Crippen MR) is 107 cm³/mol. The third-order valence-electron chi connectivity index (χ3n) is 6.26. The quantitative estimate of drug-likeness (QED) is 0.745. The fourth-order valence-corrected chi connectivity index (χ4v) is 4.58. The number of likely N-dealkylation sites (tertiary alicyclic amines) is 1. The van der Waals surface area contributed by atoms with Crippen LogP contribution in [0.2, 0.25) is 0 Å². The summed E-state index contributed by atoms with van der Waals surface area (Å²) in [7, 11) is 1.70. The van der Waals surface area contributed by atoms with Gasteiger partial charge in [-0.3, -0.25) is 4.79 Å². The van der Waals surface area contributed by atoms with Gasteiger partial charge in [0.25, 0.3) is 0 Å². The summed E-state index contributed by atoms with van der Waals surface area (Å²) in [4.78, 5) is 15.7. The normalized spacial score (nSPS) is 20.0. The average Bonchev–Trinajstić information content (AvgIpc) is 3.19. The van der Waals surface area contributed by atoms with Crippen LogP contribution in [-0.2, 0) is 14.9 Å². The number of methoxy groups -OCH3 is 1. The number of carbonyl (C=O) groups excluding carboxylic acids is 1. The Morgan fingerprint density at radius 3 is 2.59 bits per heavy atom. The second-order valence-electron chi connectivity index (χ2n) is 7.98. The Hall–Kier alpha value is -1.59. The molecule has 0 aromatic heterocycles. The van der Waals surface area contributed by atoms with Crippen molar-refractivity contribution in [1.82, 2.24) is 4.90 Å². The van der Waals surface area contributed by atoms with E-state index in [9.17, 15) is 4.79 Å². The summed E-state index contributed by atoms with van der Waals surface area (Å²) >= 11 is 0. The van der Waals surface area contributed by atoms with Crippen molar-refractivity contribution in [2.24, 2.45) is 5.73 Å². The molecule has 2 aliphatic rings. The zero-order chi connectivity index (χ0) is 19.3. The maximum atomic E-state index is 13.6. The van der Waals surface area contributed by atoms with Crippen LogP contribution >= 0.6 is 0 Å². The summed E-state index contributed by atoms with van der Waals surface area (Å²) < 4.78 is 11.4. The number of nitrogens with zero attached hydrogens (tertiary/aromatic N) is 1. The summed E-state index contributed by atoms with van der Waals surface area (Å²) in [6, 6.07) is 6.30. The van der Waals surface area contributed by atoms with Gasteiger partial charge in [-0.1, -0.05) is 25.0 Å². The van der Waals surface area contributed by atoms with Gasteiger partial charge in [-0.15, -0.1) is 0 Å². The molecule has 3 rings (SSSR count). The molecular formula is C22H34N2O3. The van der Waals surface area contributed by atoms with E-state index in [4.69, 9.17) is 15.2 Å². The van der Waals surface area contributed by atoms with Crippen molar-refractivity contribution in [2.45, 2.75) is 63.4 Å². The minimum atomic E-state index is -0.381. The highest BCUT2D eigenvalue weighted by molar-refractivity contribution is 5.89. The lowest BCUT2D eigenvalue weighted by molar-refractivity contribution is -0.140. The van der Waals surface area contributed by atoms with E-state index in [1.165, 1.54) is 0 Å². The van der Waals surface area contributed by atoms with Gasteiger partial charge in [-0.25, -0.2) is 0 Å². The molecule has 1 amide bonds. The standard InChI is InChI=1S/C22H34N2O3/c1-17-6-7-18(16-20(17)26-2)22(10-3-4-11-22)21(25)24-13-8-19(9-14-24)27-15-5-12-23/h6-7,16,19H,3-5,8-15,23H2,1-2H3. The molecule has 1 aromatic carbocycles. The van der Waals surface area contributed by atoms with Crippen LogP contribution in [0.3, 0.4) is 0 Å². The van der Waals surface area contributed by atoms with Crippen molar-refractivity contribution in [1.29, 1.82) is 0 Å². The maximum Gasteiger partial charge on any atom is 0.233 e. The van der Waals surface area contributed by atoms with Crippen LogP contribution in [0.5, 0.6) is 5.75 Å². The van der Waals surface area contributed by atoms with Gasteiger partial charge in [0.15, 0.2) is 0 Å². The minimum absolute atomic E-state index is 0.264. The molecular weight excluding hydrogens is 340 g/mol. The number of carbonyl (C=O) groups is 1. The number of hydrogen-bond donors (Lipinski definition) is 1. The Morgan fingerprint density at radius 2 is 1.96 bits per heavy atom. The molecule has 2 fully saturated rings. The highest BCUT2D eigenvalue weighted by Gasteiger charge is 2.45. The van der Waals surface area contributed by atoms with Crippen LogP contribution in [0.4, 0.5) is 0 Å². The second kappa shape index (κ2) is 9.07. The molecule has 1 saturated carbocycles. The van der Waals surface area contributed by atoms with Crippen LogP contribution in [0.15, 0.2) is 18.2 Å². The van der Waals surface area contributed by atoms with Gasteiger partial charge >= 0.3 is 0 Å². The van der Waals surface area contributed by atoms with Crippen molar-refractivity contribution in [3.63, 3.8) is 0 Å². The summed E-state index contributed by atoms with van der Waals surface area (Å²) in [6.07, 6.45) is 7.10.